The molecule has 1 fully saturated rings. The minimum Gasteiger partial charge on any atom is -0.327 e. The van der Waals surface area contributed by atoms with Crippen molar-refractivity contribution < 1.29 is 0 Å². The third kappa shape index (κ3) is 1.72. The minimum atomic E-state index is 0.477. The standard InChI is InChI=1S/C9H19N/c1-3-9(10)8-5-4-7(2)6-8/h7-9H,3-6,10H2,1-2H3/t7?,8?,9-/m0/s1. The molecular weight excluding hydrogens is 122 g/mol. The van der Waals surface area contributed by atoms with E-state index in [9.17, 15) is 0 Å². The highest BCUT2D eigenvalue weighted by Gasteiger charge is 2.24. The van der Waals surface area contributed by atoms with Crippen LogP contribution in [0.2, 0.25) is 0 Å². The molecule has 2 unspecified atom stereocenters. The van der Waals surface area contributed by atoms with Crippen molar-refractivity contribution in [2.45, 2.75) is 45.6 Å². The predicted octanol–water partition coefficient (Wildman–Crippen LogP) is 2.16. The van der Waals surface area contributed by atoms with E-state index in [1.165, 1.54) is 19.3 Å². The lowest BCUT2D eigenvalue weighted by Crippen LogP contribution is -2.27. The van der Waals surface area contributed by atoms with Gasteiger partial charge in [-0.3, -0.25) is 0 Å². The normalized spacial score (nSPS) is 36.3. The molecule has 0 heterocycles. The highest BCUT2D eigenvalue weighted by atomic mass is 14.6. The van der Waals surface area contributed by atoms with Crippen LogP contribution < -0.4 is 5.73 Å². The molecule has 1 nitrogen and oxygen atoms in total. The fourth-order valence-electron chi connectivity index (χ4n) is 1.97. The van der Waals surface area contributed by atoms with Gasteiger partial charge in [-0.1, -0.05) is 20.3 Å². The van der Waals surface area contributed by atoms with Crippen LogP contribution >= 0.6 is 0 Å². The van der Waals surface area contributed by atoms with Crippen molar-refractivity contribution in [3.63, 3.8) is 0 Å². The van der Waals surface area contributed by atoms with Crippen LogP contribution in [0.4, 0.5) is 0 Å². The quantitative estimate of drug-likeness (QED) is 0.626. The Morgan fingerprint density at radius 1 is 1.50 bits per heavy atom. The Bertz CT molecular complexity index is 101. The lowest BCUT2D eigenvalue weighted by atomic mass is 9.96. The largest absolute Gasteiger partial charge is 0.327 e. The lowest BCUT2D eigenvalue weighted by molar-refractivity contribution is 0.408. The van der Waals surface area contributed by atoms with Crippen molar-refractivity contribution >= 4 is 0 Å². The average Bonchev–Trinajstić information content (AvgIpc) is 2.34. The van der Waals surface area contributed by atoms with Crippen molar-refractivity contribution in [1.82, 2.24) is 0 Å². The van der Waals surface area contributed by atoms with E-state index >= 15 is 0 Å². The Morgan fingerprint density at radius 2 is 2.20 bits per heavy atom. The summed E-state index contributed by atoms with van der Waals surface area (Å²) in [6, 6.07) is 0.477. The maximum absolute atomic E-state index is 5.94. The molecule has 0 aliphatic heterocycles. The zero-order valence-electron chi connectivity index (χ0n) is 7.14. The summed E-state index contributed by atoms with van der Waals surface area (Å²) in [5.41, 5.74) is 5.94. The molecule has 0 saturated heterocycles. The Balaban J connectivity index is 2.29. The van der Waals surface area contributed by atoms with Crippen LogP contribution in [0, 0.1) is 11.8 Å². The van der Waals surface area contributed by atoms with Crippen molar-refractivity contribution in [1.29, 1.82) is 0 Å². The second kappa shape index (κ2) is 3.38. The lowest BCUT2D eigenvalue weighted by Gasteiger charge is -2.16. The number of rotatable bonds is 2. The summed E-state index contributed by atoms with van der Waals surface area (Å²) in [5, 5.41) is 0. The Kier molecular flexibility index (Phi) is 2.72. The second-order valence-corrected chi connectivity index (χ2v) is 3.75. The van der Waals surface area contributed by atoms with Gasteiger partial charge in [-0.2, -0.15) is 0 Å². The summed E-state index contributed by atoms with van der Waals surface area (Å²) in [5.74, 6) is 1.77. The fraction of sp³-hybridized carbons (Fsp3) is 1.00. The molecule has 2 N–H and O–H groups in total. The van der Waals surface area contributed by atoms with Gasteiger partial charge in [-0.25, -0.2) is 0 Å². The molecule has 0 bridgehead atoms. The maximum Gasteiger partial charge on any atom is 0.00646 e. The van der Waals surface area contributed by atoms with Crippen LogP contribution in [0.25, 0.3) is 0 Å². The van der Waals surface area contributed by atoms with Gasteiger partial charge in [0, 0.05) is 6.04 Å². The monoisotopic (exact) mass is 141 g/mol. The van der Waals surface area contributed by atoms with Gasteiger partial charge in [0.25, 0.3) is 0 Å². The first kappa shape index (κ1) is 8.06. The molecule has 10 heavy (non-hydrogen) atoms. The molecule has 0 spiro atoms. The average molecular weight is 141 g/mol. The van der Waals surface area contributed by atoms with Gasteiger partial charge in [0.2, 0.25) is 0 Å². The van der Waals surface area contributed by atoms with Crippen LogP contribution in [0.1, 0.15) is 39.5 Å². The van der Waals surface area contributed by atoms with E-state index in [0.29, 0.717) is 6.04 Å². The number of hydrogen-bond donors (Lipinski definition) is 1. The molecule has 60 valence electrons. The minimum absolute atomic E-state index is 0.477. The maximum atomic E-state index is 5.94. The second-order valence-electron chi connectivity index (χ2n) is 3.75. The van der Waals surface area contributed by atoms with Crippen molar-refractivity contribution in [2.75, 3.05) is 0 Å². The van der Waals surface area contributed by atoms with Gasteiger partial charge >= 0.3 is 0 Å². The van der Waals surface area contributed by atoms with Crippen LogP contribution in [-0.4, -0.2) is 6.04 Å². The molecule has 1 rings (SSSR count). The summed E-state index contributed by atoms with van der Waals surface area (Å²) >= 11 is 0. The van der Waals surface area contributed by atoms with Gasteiger partial charge in [-0.05, 0) is 31.1 Å². The Hall–Kier alpha value is -0.0400. The molecule has 0 radical (unpaired) electrons. The molecule has 1 heteroatoms. The van der Waals surface area contributed by atoms with Crippen LogP contribution in [0.3, 0.4) is 0 Å². The first-order valence-electron chi connectivity index (χ1n) is 4.49. The summed E-state index contributed by atoms with van der Waals surface area (Å²) in [7, 11) is 0. The highest BCUT2D eigenvalue weighted by Crippen LogP contribution is 2.32. The van der Waals surface area contributed by atoms with E-state index in [2.05, 4.69) is 13.8 Å². The zero-order valence-corrected chi connectivity index (χ0v) is 7.14. The predicted molar refractivity (Wildman–Crippen MR) is 44.8 cm³/mol. The van der Waals surface area contributed by atoms with Crippen LogP contribution in [-0.2, 0) is 0 Å². The summed E-state index contributed by atoms with van der Waals surface area (Å²) < 4.78 is 0. The molecule has 3 atom stereocenters. The molecule has 0 amide bonds. The summed E-state index contributed by atoms with van der Waals surface area (Å²) in [6.07, 6.45) is 5.29. The third-order valence-electron chi connectivity index (χ3n) is 2.81. The van der Waals surface area contributed by atoms with Crippen molar-refractivity contribution in [3.8, 4) is 0 Å². The number of nitrogens with two attached hydrogens (primary N) is 1. The van der Waals surface area contributed by atoms with Crippen molar-refractivity contribution in [2.24, 2.45) is 17.6 Å². The Labute approximate surface area is 64.0 Å². The van der Waals surface area contributed by atoms with Gasteiger partial charge in [0.15, 0.2) is 0 Å². The first-order chi connectivity index (χ1) is 4.74. The molecule has 0 aromatic carbocycles. The SMILES string of the molecule is CC[C@H](N)C1CCC(C)C1. The van der Waals surface area contributed by atoms with E-state index in [1.54, 1.807) is 0 Å². The van der Waals surface area contributed by atoms with Crippen molar-refractivity contribution in [3.05, 3.63) is 0 Å². The van der Waals surface area contributed by atoms with Gasteiger partial charge in [0.05, 0.1) is 0 Å². The van der Waals surface area contributed by atoms with Crippen LogP contribution in [0.15, 0.2) is 0 Å². The zero-order chi connectivity index (χ0) is 7.56. The van der Waals surface area contributed by atoms with E-state index in [1.807, 2.05) is 0 Å². The smallest absolute Gasteiger partial charge is 0.00646 e. The van der Waals surface area contributed by atoms with Gasteiger partial charge in [0.1, 0.15) is 0 Å². The summed E-state index contributed by atoms with van der Waals surface area (Å²) in [6.45, 7) is 4.52. The van der Waals surface area contributed by atoms with Crippen LogP contribution in [0.5, 0.6) is 0 Å². The molecule has 1 aliphatic rings. The molecule has 1 aliphatic carbocycles. The Morgan fingerprint density at radius 3 is 2.60 bits per heavy atom. The highest BCUT2D eigenvalue weighted by molar-refractivity contribution is 4.79. The molecule has 0 aromatic heterocycles. The van der Waals surface area contributed by atoms with Gasteiger partial charge < -0.3 is 5.73 Å². The fourth-order valence-corrected chi connectivity index (χ4v) is 1.97. The van der Waals surface area contributed by atoms with E-state index in [4.69, 9.17) is 5.73 Å². The third-order valence-corrected chi connectivity index (χ3v) is 2.81. The molecular formula is C9H19N. The topological polar surface area (TPSA) is 26.0 Å². The van der Waals surface area contributed by atoms with E-state index in [-0.39, 0.29) is 0 Å². The summed E-state index contributed by atoms with van der Waals surface area (Å²) in [4.78, 5) is 0. The van der Waals surface area contributed by atoms with E-state index in [0.717, 1.165) is 18.3 Å². The molecule has 0 aromatic rings. The first-order valence-corrected chi connectivity index (χ1v) is 4.49. The number of hydrogen-bond acceptors (Lipinski definition) is 1. The van der Waals surface area contributed by atoms with Gasteiger partial charge in [-0.15, -0.1) is 0 Å². The van der Waals surface area contributed by atoms with E-state index < -0.39 is 0 Å². The molecule has 1 saturated carbocycles.